The van der Waals surface area contributed by atoms with Gasteiger partial charge in [-0.2, -0.15) is 0 Å². The number of ether oxygens (including phenoxy) is 2. The molecule has 21 heavy (non-hydrogen) atoms. The lowest BCUT2D eigenvalue weighted by atomic mass is 10.2. The van der Waals surface area contributed by atoms with Crippen LogP contribution in [0.25, 0.3) is 0 Å². The van der Waals surface area contributed by atoms with E-state index in [-0.39, 0.29) is 18.7 Å². The molecule has 1 aromatic carbocycles. The summed E-state index contributed by atoms with van der Waals surface area (Å²) in [6, 6.07) is 9.14. The standard InChI is InChI=1S/C15H17NO5/c1-20-14(18)13(9-5-6-10-17)16-15(19)21-11-12-7-3-2-4-8-12/h2-4,7-10H,5-6,11H2,1H3,(H,16,19)/b13-9-. The summed E-state index contributed by atoms with van der Waals surface area (Å²) in [5, 5.41) is 2.31. The predicted octanol–water partition coefficient (Wildman–Crippen LogP) is 1.95. The molecule has 0 saturated heterocycles. The van der Waals surface area contributed by atoms with Crippen LogP contribution < -0.4 is 5.32 Å². The molecule has 6 heteroatoms. The maximum Gasteiger partial charge on any atom is 0.412 e. The van der Waals surface area contributed by atoms with Crippen LogP contribution >= 0.6 is 0 Å². The highest BCUT2D eigenvalue weighted by atomic mass is 16.6. The molecule has 0 bridgehead atoms. The summed E-state index contributed by atoms with van der Waals surface area (Å²) >= 11 is 0. The fourth-order valence-electron chi connectivity index (χ4n) is 1.46. The smallest absolute Gasteiger partial charge is 0.412 e. The Kier molecular flexibility index (Phi) is 7.28. The minimum atomic E-state index is -0.762. The number of amides is 1. The maximum absolute atomic E-state index is 11.6. The van der Waals surface area contributed by atoms with Gasteiger partial charge < -0.3 is 14.3 Å². The van der Waals surface area contributed by atoms with Crippen LogP contribution in [0.3, 0.4) is 0 Å². The van der Waals surface area contributed by atoms with Crippen molar-refractivity contribution in [1.29, 1.82) is 0 Å². The Morgan fingerprint density at radius 2 is 1.90 bits per heavy atom. The van der Waals surface area contributed by atoms with E-state index in [1.54, 1.807) is 0 Å². The van der Waals surface area contributed by atoms with Crippen molar-refractivity contribution in [2.75, 3.05) is 7.11 Å². The molecule has 0 aliphatic carbocycles. The van der Waals surface area contributed by atoms with E-state index in [9.17, 15) is 14.4 Å². The molecule has 112 valence electrons. The number of unbranched alkanes of at least 4 members (excludes halogenated alkanes) is 1. The van der Waals surface area contributed by atoms with Gasteiger partial charge in [0, 0.05) is 6.42 Å². The first-order valence-electron chi connectivity index (χ1n) is 6.37. The fourth-order valence-corrected chi connectivity index (χ4v) is 1.46. The topological polar surface area (TPSA) is 81.7 Å². The summed E-state index contributed by atoms with van der Waals surface area (Å²) in [5.41, 5.74) is 0.787. The summed E-state index contributed by atoms with van der Waals surface area (Å²) in [7, 11) is 1.20. The van der Waals surface area contributed by atoms with E-state index < -0.39 is 12.1 Å². The molecule has 0 heterocycles. The highest BCUT2D eigenvalue weighted by molar-refractivity contribution is 5.92. The number of allylic oxidation sites excluding steroid dienone is 1. The van der Waals surface area contributed by atoms with Crippen molar-refractivity contribution in [2.24, 2.45) is 0 Å². The lowest BCUT2D eigenvalue weighted by Crippen LogP contribution is -2.28. The minimum absolute atomic E-state index is 0.0441. The number of esters is 1. The number of carbonyl (C=O) groups is 3. The molecule has 0 radical (unpaired) electrons. The molecule has 0 aliphatic heterocycles. The predicted molar refractivity (Wildman–Crippen MR) is 75.2 cm³/mol. The summed E-state index contributed by atoms with van der Waals surface area (Å²) in [4.78, 5) is 33.3. The number of hydrogen-bond acceptors (Lipinski definition) is 5. The van der Waals surface area contributed by atoms with Crippen LogP contribution in [-0.2, 0) is 25.7 Å². The van der Waals surface area contributed by atoms with Crippen molar-refractivity contribution < 1.29 is 23.9 Å². The molecule has 1 amide bonds. The highest BCUT2D eigenvalue weighted by Gasteiger charge is 2.13. The van der Waals surface area contributed by atoms with Crippen molar-refractivity contribution >= 4 is 18.3 Å². The number of benzene rings is 1. The first-order chi connectivity index (χ1) is 10.2. The first-order valence-corrected chi connectivity index (χ1v) is 6.37. The zero-order chi connectivity index (χ0) is 15.5. The van der Waals surface area contributed by atoms with E-state index in [0.29, 0.717) is 6.42 Å². The Labute approximate surface area is 122 Å². The summed E-state index contributed by atoms with van der Waals surface area (Å²) in [6.07, 6.45) is 1.96. The number of rotatable bonds is 7. The van der Waals surface area contributed by atoms with Gasteiger partial charge in [0.15, 0.2) is 0 Å². The molecule has 1 rings (SSSR count). The number of nitrogens with one attached hydrogen (secondary N) is 1. The van der Waals surface area contributed by atoms with Gasteiger partial charge in [-0.3, -0.25) is 5.32 Å². The number of hydrogen-bond donors (Lipinski definition) is 1. The molecule has 0 saturated carbocycles. The average Bonchev–Trinajstić information content (AvgIpc) is 2.52. The van der Waals surface area contributed by atoms with Gasteiger partial charge in [-0.25, -0.2) is 9.59 Å². The lowest BCUT2D eigenvalue weighted by Gasteiger charge is -2.09. The van der Waals surface area contributed by atoms with Crippen molar-refractivity contribution in [2.45, 2.75) is 19.4 Å². The Morgan fingerprint density at radius 3 is 2.52 bits per heavy atom. The second-order valence-electron chi connectivity index (χ2n) is 4.04. The lowest BCUT2D eigenvalue weighted by molar-refractivity contribution is -0.136. The maximum atomic E-state index is 11.6. The summed E-state index contributed by atoms with van der Waals surface area (Å²) < 4.78 is 9.53. The van der Waals surface area contributed by atoms with Crippen LogP contribution in [0.1, 0.15) is 18.4 Å². The van der Waals surface area contributed by atoms with Crippen LogP contribution in [0, 0.1) is 0 Å². The second kappa shape index (κ2) is 9.30. The van der Waals surface area contributed by atoms with Gasteiger partial charge in [0.05, 0.1) is 7.11 Å². The van der Waals surface area contributed by atoms with Crippen LogP contribution in [0.2, 0.25) is 0 Å². The molecular weight excluding hydrogens is 274 g/mol. The van der Waals surface area contributed by atoms with Crippen LogP contribution in [-0.4, -0.2) is 25.5 Å². The largest absolute Gasteiger partial charge is 0.464 e. The second-order valence-corrected chi connectivity index (χ2v) is 4.04. The van der Waals surface area contributed by atoms with E-state index in [0.717, 1.165) is 11.8 Å². The molecule has 0 unspecified atom stereocenters. The summed E-state index contributed by atoms with van der Waals surface area (Å²) in [6.45, 7) is 0.0927. The number of aldehydes is 1. The highest BCUT2D eigenvalue weighted by Crippen LogP contribution is 2.02. The van der Waals surface area contributed by atoms with E-state index in [1.165, 1.54) is 13.2 Å². The van der Waals surface area contributed by atoms with Crippen LogP contribution in [0.5, 0.6) is 0 Å². The molecule has 0 aromatic heterocycles. The monoisotopic (exact) mass is 291 g/mol. The van der Waals surface area contributed by atoms with E-state index in [2.05, 4.69) is 10.1 Å². The summed E-state index contributed by atoms with van der Waals surface area (Å²) in [5.74, 6) is -0.697. The van der Waals surface area contributed by atoms with E-state index in [4.69, 9.17) is 4.74 Å². The molecule has 6 nitrogen and oxygen atoms in total. The number of carbonyl (C=O) groups excluding carboxylic acids is 3. The minimum Gasteiger partial charge on any atom is -0.464 e. The molecule has 0 atom stereocenters. The quantitative estimate of drug-likeness (QED) is 0.359. The Balaban J connectivity index is 2.53. The van der Waals surface area contributed by atoms with Gasteiger partial charge in [0.1, 0.15) is 18.6 Å². The molecule has 1 N–H and O–H groups in total. The van der Waals surface area contributed by atoms with Gasteiger partial charge in [-0.05, 0) is 12.0 Å². The van der Waals surface area contributed by atoms with Crippen LogP contribution in [0.15, 0.2) is 42.1 Å². The van der Waals surface area contributed by atoms with Gasteiger partial charge in [-0.15, -0.1) is 0 Å². The molecule has 1 aromatic rings. The van der Waals surface area contributed by atoms with Gasteiger partial charge in [-0.1, -0.05) is 36.4 Å². The Morgan fingerprint density at radius 1 is 1.19 bits per heavy atom. The van der Waals surface area contributed by atoms with Gasteiger partial charge in [0.25, 0.3) is 0 Å². The Bertz CT molecular complexity index is 510. The van der Waals surface area contributed by atoms with Crippen molar-refractivity contribution in [3.8, 4) is 0 Å². The third-order valence-corrected chi connectivity index (χ3v) is 2.49. The zero-order valence-electron chi connectivity index (χ0n) is 11.7. The third kappa shape index (κ3) is 6.38. The average molecular weight is 291 g/mol. The van der Waals surface area contributed by atoms with Crippen molar-refractivity contribution in [1.82, 2.24) is 5.32 Å². The van der Waals surface area contributed by atoms with Gasteiger partial charge in [0.2, 0.25) is 0 Å². The number of methoxy groups -OCH3 is 1. The fraction of sp³-hybridized carbons (Fsp3) is 0.267. The SMILES string of the molecule is COC(=O)/C(=C/CCC=O)NC(=O)OCc1ccccc1. The molecule has 0 spiro atoms. The van der Waals surface area contributed by atoms with E-state index >= 15 is 0 Å². The third-order valence-electron chi connectivity index (χ3n) is 2.49. The normalized spacial score (nSPS) is 10.6. The van der Waals surface area contributed by atoms with Crippen molar-refractivity contribution in [3.05, 3.63) is 47.7 Å². The number of alkyl carbamates (subject to hydrolysis) is 1. The molecule has 0 aliphatic rings. The zero-order valence-corrected chi connectivity index (χ0v) is 11.7. The van der Waals surface area contributed by atoms with Crippen LogP contribution in [0.4, 0.5) is 4.79 Å². The first kappa shape index (κ1) is 16.4. The van der Waals surface area contributed by atoms with Gasteiger partial charge >= 0.3 is 12.1 Å². The molecular formula is C15H17NO5. The molecule has 0 fully saturated rings. The van der Waals surface area contributed by atoms with E-state index in [1.807, 2.05) is 30.3 Å². The Hall–Kier alpha value is -2.63. The van der Waals surface area contributed by atoms with Crippen molar-refractivity contribution in [3.63, 3.8) is 0 Å².